The van der Waals surface area contributed by atoms with Crippen LogP contribution in [-0.2, 0) is 6.42 Å². The molecule has 2 fully saturated rings. The number of fused-ring (bicyclic) bond motifs is 1. The highest BCUT2D eigenvalue weighted by atomic mass is 16.3. The first-order valence-electron chi connectivity index (χ1n) is 9.17. The molecule has 1 saturated carbocycles. The van der Waals surface area contributed by atoms with Gasteiger partial charge >= 0.3 is 0 Å². The lowest BCUT2D eigenvalue weighted by atomic mass is 10.0. The minimum absolute atomic E-state index is 0.532. The molecule has 1 saturated heterocycles. The lowest BCUT2D eigenvalue weighted by Crippen LogP contribution is -2.36. The summed E-state index contributed by atoms with van der Waals surface area (Å²) < 4.78 is 6.22. The van der Waals surface area contributed by atoms with E-state index in [1.807, 2.05) is 6.92 Å². The summed E-state index contributed by atoms with van der Waals surface area (Å²) in [6, 6.07) is 7.02. The van der Waals surface area contributed by atoms with Crippen LogP contribution in [0.25, 0.3) is 11.0 Å². The highest BCUT2D eigenvalue weighted by Gasteiger charge is 2.26. The van der Waals surface area contributed by atoms with E-state index in [2.05, 4.69) is 47.3 Å². The van der Waals surface area contributed by atoms with Crippen molar-refractivity contribution in [3.63, 3.8) is 0 Å². The van der Waals surface area contributed by atoms with Gasteiger partial charge in [0.2, 0.25) is 0 Å². The molecule has 1 N–H and O–H groups in total. The summed E-state index contributed by atoms with van der Waals surface area (Å²) in [7, 11) is 2.20. The van der Waals surface area contributed by atoms with Crippen molar-refractivity contribution >= 4 is 16.7 Å². The molecular weight excluding hydrogens is 296 g/mol. The lowest BCUT2D eigenvalue weighted by molar-refractivity contribution is 0.264. The van der Waals surface area contributed by atoms with Gasteiger partial charge in [-0.2, -0.15) is 0 Å². The minimum atomic E-state index is 0.532. The molecule has 2 heterocycles. The molecule has 126 valence electrons. The van der Waals surface area contributed by atoms with Crippen LogP contribution in [0.4, 0.5) is 5.69 Å². The van der Waals surface area contributed by atoms with Gasteiger partial charge in [-0.1, -0.05) is 18.1 Å². The standard InChI is InChI=1S/C21H26N2O/c1-3-5-20-18(14-15-8-9-15)17-6-4-7-19(21(17)24-20)22-16-10-12-23(2)13-11-16/h4,6-7,15-16,22H,8-14H2,1-2H3. The summed E-state index contributed by atoms with van der Waals surface area (Å²) >= 11 is 0. The molecule has 0 bridgehead atoms. The topological polar surface area (TPSA) is 28.4 Å². The highest BCUT2D eigenvalue weighted by molar-refractivity contribution is 5.93. The molecule has 0 atom stereocenters. The third kappa shape index (κ3) is 3.16. The van der Waals surface area contributed by atoms with Gasteiger partial charge in [-0.3, -0.25) is 0 Å². The van der Waals surface area contributed by atoms with Crippen LogP contribution in [0.1, 0.15) is 43.9 Å². The maximum absolute atomic E-state index is 6.22. The number of benzene rings is 1. The van der Waals surface area contributed by atoms with Crippen molar-refractivity contribution in [1.29, 1.82) is 0 Å². The summed E-state index contributed by atoms with van der Waals surface area (Å²) in [5, 5.41) is 4.98. The lowest BCUT2D eigenvalue weighted by Gasteiger charge is -2.30. The smallest absolute Gasteiger partial charge is 0.181 e. The van der Waals surface area contributed by atoms with Gasteiger partial charge in [0, 0.05) is 17.0 Å². The number of nitrogens with zero attached hydrogens (tertiary/aromatic N) is 1. The summed E-state index contributed by atoms with van der Waals surface area (Å²) in [6.45, 7) is 4.20. The largest absolute Gasteiger partial charge is 0.445 e. The first-order chi connectivity index (χ1) is 11.7. The van der Waals surface area contributed by atoms with Crippen molar-refractivity contribution in [1.82, 2.24) is 4.90 Å². The summed E-state index contributed by atoms with van der Waals surface area (Å²) in [4.78, 5) is 2.40. The third-order valence-electron chi connectivity index (χ3n) is 5.32. The van der Waals surface area contributed by atoms with Crippen molar-refractivity contribution in [2.45, 2.75) is 45.1 Å². The number of hydrogen-bond acceptors (Lipinski definition) is 3. The molecule has 3 heteroatoms. The van der Waals surface area contributed by atoms with Gasteiger partial charge in [0.1, 0.15) is 0 Å². The SMILES string of the molecule is CC#Cc1oc2c(NC3CCN(C)CC3)cccc2c1CC1CC1. The van der Waals surface area contributed by atoms with Crippen molar-refractivity contribution in [3.05, 3.63) is 29.5 Å². The number of furan rings is 1. The zero-order valence-corrected chi connectivity index (χ0v) is 14.7. The van der Waals surface area contributed by atoms with Crippen molar-refractivity contribution in [2.75, 3.05) is 25.5 Å². The van der Waals surface area contributed by atoms with Gasteiger partial charge in [-0.05, 0) is 77.1 Å². The molecule has 1 aliphatic carbocycles. The van der Waals surface area contributed by atoms with E-state index in [4.69, 9.17) is 4.42 Å². The van der Waals surface area contributed by atoms with Crippen LogP contribution < -0.4 is 5.32 Å². The minimum Gasteiger partial charge on any atom is -0.445 e. The van der Waals surface area contributed by atoms with Crippen LogP contribution in [0.2, 0.25) is 0 Å². The fourth-order valence-electron chi connectivity index (χ4n) is 3.68. The Balaban J connectivity index is 1.66. The molecule has 0 amide bonds. The Morgan fingerprint density at radius 1 is 1.21 bits per heavy atom. The van der Waals surface area contributed by atoms with Gasteiger partial charge in [0.15, 0.2) is 11.3 Å². The van der Waals surface area contributed by atoms with Crippen LogP contribution in [0.5, 0.6) is 0 Å². The molecule has 24 heavy (non-hydrogen) atoms. The molecule has 0 spiro atoms. The molecule has 4 rings (SSSR count). The highest BCUT2D eigenvalue weighted by Crippen LogP contribution is 2.39. The Labute approximate surface area is 144 Å². The summed E-state index contributed by atoms with van der Waals surface area (Å²) in [5.41, 5.74) is 3.43. The second-order valence-corrected chi connectivity index (χ2v) is 7.34. The molecule has 0 unspecified atom stereocenters. The summed E-state index contributed by atoms with van der Waals surface area (Å²) in [5.74, 6) is 7.90. The number of anilines is 1. The van der Waals surface area contributed by atoms with Gasteiger partial charge in [0.05, 0.1) is 5.69 Å². The van der Waals surface area contributed by atoms with Crippen molar-refractivity contribution in [2.24, 2.45) is 5.92 Å². The van der Waals surface area contributed by atoms with Gasteiger partial charge in [0.25, 0.3) is 0 Å². The predicted octanol–water partition coefficient (Wildman–Crippen LogP) is 4.26. The van der Waals surface area contributed by atoms with E-state index in [0.717, 1.165) is 42.5 Å². The maximum atomic E-state index is 6.22. The van der Waals surface area contributed by atoms with Crippen LogP contribution in [0.15, 0.2) is 22.6 Å². The van der Waals surface area contributed by atoms with E-state index in [-0.39, 0.29) is 0 Å². The Bertz CT molecular complexity index is 783. The van der Waals surface area contributed by atoms with E-state index in [1.54, 1.807) is 0 Å². The van der Waals surface area contributed by atoms with Gasteiger partial charge in [-0.15, -0.1) is 0 Å². The number of likely N-dealkylation sites (tertiary alicyclic amines) is 1. The maximum Gasteiger partial charge on any atom is 0.181 e. The predicted molar refractivity (Wildman–Crippen MR) is 99.3 cm³/mol. The Hall–Kier alpha value is -1.92. The van der Waals surface area contributed by atoms with Crippen LogP contribution in [0.3, 0.4) is 0 Å². The zero-order valence-electron chi connectivity index (χ0n) is 14.7. The Morgan fingerprint density at radius 3 is 2.71 bits per heavy atom. The Morgan fingerprint density at radius 2 is 2.00 bits per heavy atom. The fourth-order valence-corrected chi connectivity index (χ4v) is 3.68. The van der Waals surface area contributed by atoms with Crippen LogP contribution >= 0.6 is 0 Å². The fraction of sp³-hybridized carbons (Fsp3) is 0.524. The number of nitrogens with one attached hydrogen (secondary N) is 1. The number of piperidine rings is 1. The second kappa shape index (κ2) is 6.53. The van der Waals surface area contributed by atoms with Crippen LogP contribution in [-0.4, -0.2) is 31.1 Å². The second-order valence-electron chi connectivity index (χ2n) is 7.34. The van der Waals surface area contributed by atoms with E-state index in [9.17, 15) is 0 Å². The molecule has 1 aromatic heterocycles. The first kappa shape index (κ1) is 15.6. The molecule has 2 aromatic rings. The molecular formula is C21H26N2O. The molecule has 1 aromatic carbocycles. The van der Waals surface area contributed by atoms with Crippen molar-refractivity contribution in [3.8, 4) is 11.8 Å². The van der Waals surface area contributed by atoms with Gasteiger partial charge in [-0.25, -0.2) is 0 Å². The Kier molecular flexibility index (Phi) is 4.24. The average Bonchev–Trinajstić information content (AvgIpc) is 3.33. The molecule has 0 radical (unpaired) electrons. The number of para-hydroxylation sites is 1. The molecule has 2 aliphatic rings. The van der Waals surface area contributed by atoms with Gasteiger partial charge < -0.3 is 14.6 Å². The van der Waals surface area contributed by atoms with Crippen molar-refractivity contribution < 1.29 is 4.42 Å². The average molecular weight is 322 g/mol. The first-order valence-corrected chi connectivity index (χ1v) is 9.17. The van der Waals surface area contributed by atoms with E-state index in [0.29, 0.717) is 6.04 Å². The van der Waals surface area contributed by atoms with Crippen LogP contribution in [0, 0.1) is 17.8 Å². The molecule has 1 aliphatic heterocycles. The number of hydrogen-bond donors (Lipinski definition) is 1. The van der Waals surface area contributed by atoms with E-state index in [1.165, 1.54) is 36.6 Å². The third-order valence-corrected chi connectivity index (χ3v) is 5.32. The molecule has 3 nitrogen and oxygen atoms in total. The monoisotopic (exact) mass is 322 g/mol. The zero-order chi connectivity index (χ0) is 16.5. The van der Waals surface area contributed by atoms with E-state index >= 15 is 0 Å². The number of rotatable bonds is 4. The summed E-state index contributed by atoms with van der Waals surface area (Å²) in [6.07, 6.45) is 6.17. The normalized spacial score (nSPS) is 19.2. The quantitative estimate of drug-likeness (QED) is 0.853. The van der Waals surface area contributed by atoms with E-state index < -0.39 is 0 Å².